The van der Waals surface area contributed by atoms with Gasteiger partial charge >= 0.3 is 0 Å². The lowest BCUT2D eigenvalue weighted by molar-refractivity contribution is -0.133. The Morgan fingerprint density at radius 2 is 2.05 bits per heavy atom. The first kappa shape index (κ1) is 15.1. The molecule has 1 heterocycles. The van der Waals surface area contributed by atoms with E-state index in [-0.39, 0.29) is 17.4 Å². The zero-order valence-corrected chi connectivity index (χ0v) is 11.9. The van der Waals surface area contributed by atoms with Crippen LogP contribution >= 0.6 is 0 Å². The fourth-order valence-electron chi connectivity index (χ4n) is 1.85. The van der Waals surface area contributed by atoms with Crippen molar-refractivity contribution >= 4 is 11.8 Å². The number of carbonyl (C=O) groups excluding carboxylic acids is 2. The highest BCUT2D eigenvalue weighted by molar-refractivity contribution is 5.93. The molecule has 0 bridgehead atoms. The number of nitrogens with one attached hydrogen (secondary N) is 1. The van der Waals surface area contributed by atoms with Gasteiger partial charge in [-0.05, 0) is 32.9 Å². The van der Waals surface area contributed by atoms with Crippen LogP contribution in [0.15, 0.2) is 24.5 Å². The Morgan fingerprint density at radius 1 is 1.37 bits per heavy atom. The van der Waals surface area contributed by atoms with E-state index in [0.717, 1.165) is 0 Å². The topological polar surface area (TPSA) is 62.3 Å². The van der Waals surface area contributed by atoms with E-state index >= 15 is 0 Å². The number of aromatic nitrogens is 1. The van der Waals surface area contributed by atoms with Crippen molar-refractivity contribution in [1.29, 1.82) is 0 Å². The molecule has 0 aliphatic carbocycles. The summed E-state index contributed by atoms with van der Waals surface area (Å²) in [5.74, 6) is -0.173. The number of pyridine rings is 1. The van der Waals surface area contributed by atoms with Crippen LogP contribution in [-0.2, 0) is 4.79 Å². The van der Waals surface area contributed by atoms with E-state index < -0.39 is 0 Å². The minimum Gasteiger partial charge on any atom is -0.350 e. The molecule has 0 aliphatic rings. The molecule has 5 nitrogen and oxygen atoms in total. The molecule has 5 heteroatoms. The molecule has 1 rings (SSSR count). The summed E-state index contributed by atoms with van der Waals surface area (Å²) in [6.07, 6.45) is 3.13. The number of amides is 2. The number of hydrogen-bond acceptors (Lipinski definition) is 3. The molecule has 1 aromatic rings. The standard InChI is InChI=1S/C14H21N3O2/c1-11(18)17(14(2,3)4)9-8-16-13(19)12-6-5-7-15-10-12/h5-7,10H,8-9H2,1-4H3,(H,16,19). The summed E-state index contributed by atoms with van der Waals surface area (Å²) in [6, 6.07) is 3.42. The molecule has 0 saturated carbocycles. The summed E-state index contributed by atoms with van der Waals surface area (Å²) in [6.45, 7) is 8.36. The van der Waals surface area contributed by atoms with Crippen LogP contribution in [0.4, 0.5) is 0 Å². The van der Waals surface area contributed by atoms with Crippen molar-refractivity contribution in [3.05, 3.63) is 30.1 Å². The van der Waals surface area contributed by atoms with Crippen molar-refractivity contribution < 1.29 is 9.59 Å². The first-order valence-corrected chi connectivity index (χ1v) is 6.29. The predicted molar refractivity (Wildman–Crippen MR) is 73.7 cm³/mol. The summed E-state index contributed by atoms with van der Waals surface area (Å²) in [5.41, 5.74) is 0.276. The van der Waals surface area contributed by atoms with Crippen LogP contribution in [0.5, 0.6) is 0 Å². The Labute approximate surface area is 114 Å². The maximum Gasteiger partial charge on any atom is 0.252 e. The lowest BCUT2D eigenvalue weighted by Crippen LogP contribution is -2.48. The Hall–Kier alpha value is -1.91. The fourth-order valence-corrected chi connectivity index (χ4v) is 1.85. The molecule has 0 aliphatic heterocycles. The molecular formula is C14H21N3O2. The van der Waals surface area contributed by atoms with Crippen molar-refractivity contribution in [2.45, 2.75) is 33.2 Å². The van der Waals surface area contributed by atoms with Crippen LogP contribution in [0.2, 0.25) is 0 Å². The third-order valence-electron chi connectivity index (χ3n) is 2.73. The second-order valence-electron chi connectivity index (χ2n) is 5.34. The summed E-state index contributed by atoms with van der Waals surface area (Å²) < 4.78 is 0. The molecule has 104 valence electrons. The van der Waals surface area contributed by atoms with Crippen molar-refractivity contribution in [1.82, 2.24) is 15.2 Å². The van der Waals surface area contributed by atoms with Gasteiger partial charge in [-0.15, -0.1) is 0 Å². The summed E-state index contributed by atoms with van der Waals surface area (Å²) in [7, 11) is 0. The first-order valence-electron chi connectivity index (χ1n) is 6.29. The van der Waals surface area contributed by atoms with Gasteiger partial charge in [-0.1, -0.05) is 0 Å². The Bertz CT molecular complexity index is 438. The van der Waals surface area contributed by atoms with E-state index in [4.69, 9.17) is 0 Å². The number of hydrogen-bond donors (Lipinski definition) is 1. The largest absolute Gasteiger partial charge is 0.350 e. The van der Waals surface area contributed by atoms with Crippen molar-refractivity contribution in [3.8, 4) is 0 Å². The highest BCUT2D eigenvalue weighted by Crippen LogP contribution is 2.12. The van der Waals surface area contributed by atoms with Gasteiger partial charge in [0.25, 0.3) is 5.91 Å². The summed E-state index contributed by atoms with van der Waals surface area (Å²) in [4.78, 5) is 29.0. The number of rotatable bonds is 4. The van der Waals surface area contributed by atoms with Gasteiger partial charge in [0.15, 0.2) is 0 Å². The van der Waals surface area contributed by atoms with Gasteiger partial charge in [0.05, 0.1) is 5.56 Å². The average Bonchev–Trinajstić information content (AvgIpc) is 2.33. The van der Waals surface area contributed by atoms with Gasteiger partial charge in [0, 0.05) is 37.9 Å². The molecule has 0 aromatic carbocycles. The van der Waals surface area contributed by atoms with Gasteiger partial charge in [-0.3, -0.25) is 14.6 Å². The molecule has 0 saturated heterocycles. The minimum absolute atomic E-state index is 0.00290. The maximum atomic E-state index is 11.8. The smallest absolute Gasteiger partial charge is 0.252 e. The van der Waals surface area contributed by atoms with Crippen LogP contribution in [-0.4, -0.2) is 40.3 Å². The van der Waals surface area contributed by atoms with Crippen molar-refractivity contribution in [2.75, 3.05) is 13.1 Å². The highest BCUT2D eigenvalue weighted by atomic mass is 16.2. The number of nitrogens with zero attached hydrogens (tertiary/aromatic N) is 2. The van der Waals surface area contributed by atoms with E-state index in [1.807, 2.05) is 20.8 Å². The van der Waals surface area contributed by atoms with Crippen LogP contribution in [0.25, 0.3) is 0 Å². The van der Waals surface area contributed by atoms with Crippen LogP contribution < -0.4 is 5.32 Å². The summed E-state index contributed by atoms with van der Waals surface area (Å²) in [5, 5.41) is 2.78. The third-order valence-corrected chi connectivity index (χ3v) is 2.73. The van der Waals surface area contributed by atoms with Gasteiger partial charge < -0.3 is 10.2 Å². The minimum atomic E-state index is -0.245. The molecule has 0 atom stereocenters. The third kappa shape index (κ3) is 4.69. The van der Waals surface area contributed by atoms with Gasteiger partial charge in [-0.25, -0.2) is 0 Å². The Balaban J connectivity index is 2.50. The lowest BCUT2D eigenvalue weighted by atomic mass is 10.1. The van der Waals surface area contributed by atoms with E-state index in [2.05, 4.69) is 10.3 Å². The Morgan fingerprint density at radius 3 is 2.53 bits per heavy atom. The SMILES string of the molecule is CC(=O)N(CCNC(=O)c1cccnc1)C(C)(C)C. The van der Waals surface area contributed by atoms with Gasteiger partial charge in [-0.2, -0.15) is 0 Å². The van der Waals surface area contributed by atoms with Crippen LogP contribution in [0.3, 0.4) is 0 Å². The molecule has 0 fully saturated rings. The molecule has 1 aromatic heterocycles. The monoisotopic (exact) mass is 263 g/mol. The normalized spacial score (nSPS) is 10.9. The van der Waals surface area contributed by atoms with Crippen molar-refractivity contribution in [3.63, 3.8) is 0 Å². The van der Waals surface area contributed by atoms with Gasteiger partial charge in [0.2, 0.25) is 5.91 Å². The van der Waals surface area contributed by atoms with E-state index in [1.165, 1.54) is 13.1 Å². The Kier molecular flexibility index (Phi) is 5.03. The molecule has 0 spiro atoms. The second-order valence-corrected chi connectivity index (χ2v) is 5.34. The second kappa shape index (κ2) is 6.31. The molecule has 0 radical (unpaired) electrons. The average molecular weight is 263 g/mol. The van der Waals surface area contributed by atoms with Gasteiger partial charge in [0.1, 0.15) is 0 Å². The molecule has 1 N–H and O–H groups in total. The molecule has 19 heavy (non-hydrogen) atoms. The predicted octanol–water partition coefficient (Wildman–Crippen LogP) is 1.46. The van der Waals surface area contributed by atoms with E-state index in [1.54, 1.807) is 23.2 Å². The zero-order chi connectivity index (χ0) is 14.5. The maximum absolute atomic E-state index is 11.8. The molecular weight excluding hydrogens is 242 g/mol. The van der Waals surface area contributed by atoms with Crippen molar-refractivity contribution in [2.24, 2.45) is 0 Å². The molecule has 2 amide bonds. The van der Waals surface area contributed by atoms with E-state index in [9.17, 15) is 9.59 Å². The van der Waals surface area contributed by atoms with Crippen LogP contribution in [0, 0.1) is 0 Å². The lowest BCUT2D eigenvalue weighted by Gasteiger charge is -2.35. The fraction of sp³-hybridized carbons (Fsp3) is 0.500. The first-order chi connectivity index (χ1) is 8.82. The molecule has 0 unspecified atom stereocenters. The quantitative estimate of drug-likeness (QED) is 0.894. The number of carbonyl (C=O) groups is 2. The zero-order valence-electron chi connectivity index (χ0n) is 11.9. The van der Waals surface area contributed by atoms with Crippen LogP contribution in [0.1, 0.15) is 38.1 Å². The highest BCUT2D eigenvalue weighted by Gasteiger charge is 2.23. The summed E-state index contributed by atoms with van der Waals surface area (Å²) >= 11 is 0. The van der Waals surface area contributed by atoms with E-state index in [0.29, 0.717) is 18.7 Å².